The van der Waals surface area contributed by atoms with Gasteiger partial charge in [-0.3, -0.25) is 14.7 Å². The first-order valence-electron chi connectivity index (χ1n) is 8.86. The van der Waals surface area contributed by atoms with Gasteiger partial charge in [0.2, 0.25) is 5.91 Å². The highest BCUT2D eigenvalue weighted by Gasteiger charge is 2.18. The Bertz CT molecular complexity index is 1060. The number of thioether (sulfide) groups is 1. The lowest BCUT2D eigenvalue weighted by Crippen LogP contribution is -2.33. The van der Waals surface area contributed by atoms with Gasteiger partial charge in [0.25, 0.3) is 5.56 Å². The second-order valence-electron chi connectivity index (χ2n) is 6.35. The van der Waals surface area contributed by atoms with E-state index in [0.29, 0.717) is 17.3 Å². The van der Waals surface area contributed by atoms with Crippen LogP contribution in [0.25, 0.3) is 17.0 Å². The third-order valence-corrected chi connectivity index (χ3v) is 5.26. The maximum absolute atomic E-state index is 14.1. The zero-order valence-corrected chi connectivity index (χ0v) is 15.7. The second kappa shape index (κ2) is 8.11. The van der Waals surface area contributed by atoms with Gasteiger partial charge in [0.1, 0.15) is 5.82 Å². The highest BCUT2D eigenvalue weighted by Crippen LogP contribution is 2.23. The molecule has 0 spiro atoms. The zero-order chi connectivity index (χ0) is 19.5. The predicted molar refractivity (Wildman–Crippen MR) is 102 cm³/mol. The summed E-state index contributed by atoms with van der Waals surface area (Å²) in [6, 6.07) is 7.44. The van der Waals surface area contributed by atoms with E-state index < -0.39 is 5.82 Å². The van der Waals surface area contributed by atoms with E-state index in [1.54, 1.807) is 18.2 Å². The molecule has 3 heterocycles. The first-order valence-corrected chi connectivity index (χ1v) is 9.84. The van der Waals surface area contributed by atoms with E-state index in [9.17, 15) is 14.0 Å². The lowest BCUT2D eigenvalue weighted by molar-refractivity contribution is -0.119. The fraction of sp³-hybridized carbons (Fsp3) is 0.333. The Morgan fingerprint density at radius 3 is 3.04 bits per heavy atom. The van der Waals surface area contributed by atoms with Crippen LogP contribution >= 0.6 is 11.8 Å². The van der Waals surface area contributed by atoms with E-state index in [1.165, 1.54) is 16.6 Å². The summed E-state index contributed by atoms with van der Waals surface area (Å²) >= 11 is 1.13. The van der Waals surface area contributed by atoms with Gasteiger partial charge in [-0.25, -0.2) is 18.9 Å². The Balaban J connectivity index is 1.54. The average molecular weight is 403 g/mol. The molecular formula is C18H18FN5O3S. The molecule has 3 aromatic rings. The molecule has 8 nitrogen and oxygen atoms in total. The van der Waals surface area contributed by atoms with Crippen LogP contribution in [0.5, 0.6) is 0 Å². The Morgan fingerprint density at radius 2 is 2.25 bits per heavy atom. The average Bonchev–Trinajstić information content (AvgIpc) is 3.33. The van der Waals surface area contributed by atoms with Crippen molar-refractivity contribution in [1.82, 2.24) is 24.9 Å². The quantitative estimate of drug-likeness (QED) is 0.607. The number of benzene rings is 1. The van der Waals surface area contributed by atoms with Crippen LogP contribution in [0.15, 0.2) is 40.3 Å². The van der Waals surface area contributed by atoms with Crippen LogP contribution in [-0.4, -0.2) is 50.5 Å². The van der Waals surface area contributed by atoms with Gasteiger partial charge >= 0.3 is 0 Å². The minimum Gasteiger partial charge on any atom is -0.376 e. The van der Waals surface area contributed by atoms with Crippen molar-refractivity contribution in [2.75, 3.05) is 18.9 Å². The Morgan fingerprint density at radius 1 is 1.39 bits per heavy atom. The topological polar surface area (TPSA) is 101 Å². The Hall–Kier alpha value is -2.72. The SMILES string of the molecule is O=C(CSc1nc(-c2ccccc2F)nc2cc(=O)[nH]n12)NC[C@H]1CCCO1. The van der Waals surface area contributed by atoms with Gasteiger partial charge < -0.3 is 10.1 Å². The lowest BCUT2D eigenvalue weighted by Gasteiger charge is -2.11. The largest absolute Gasteiger partial charge is 0.376 e. The van der Waals surface area contributed by atoms with E-state index in [4.69, 9.17) is 4.74 Å². The van der Waals surface area contributed by atoms with Crippen molar-refractivity contribution in [3.05, 3.63) is 46.5 Å². The van der Waals surface area contributed by atoms with E-state index in [0.717, 1.165) is 31.2 Å². The van der Waals surface area contributed by atoms with Crippen LogP contribution in [0, 0.1) is 5.82 Å². The third-order valence-electron chi connectivity index (χ3n) is 4.32. The first-order chi connectivity index (χ1) is 13.6. The first kappa shape index (κ1) is 18.6. The summed E-state index contributed by atoms with van der Waals surface area (Å²) in [5, 5.41) is 5.77. The maximum atomic E-state index is 14.1. The Labute approximate surface area is 163 Å². The van der Waals surface area contributed by atoms with Gasteiger partial charge in [-0.2, -0.15) is 0 Å². The number of halogens is 1. The molecule has 0 radical (unpaired) electrons. The van der Waals surface area contributed by atoms with Crippen molar-refractivity contribution in [2.24, 2.45) is 0 Å². The summed E-state index contributed by atoms with van der Waals surface area (Å²) in [4.78, 5) is 32.5. The molecular weight excluding hydrogens is 385 g/mol. The number of hydrogen-bond donors (Lipinski definition) is 2. The summed E-state index contributed by atoms with van der Waals surface area (Å²) in [6.45, 7) is 1.20. The minimum absolute atomic E-state index is 0.0631. The fourth-order valence-electron chi connectivity index (χ4n) is 2.96. The zero-order valence-electron chi connectivity index (χ0n) is 14.9. The van der Waals surface area contributed by atoms with E-state index in [1.807, 2.05) is 0 Å². The molecule has 0 aliphatic carbocycles. The molecule has 10 heteroatoms. The van der Waals surface area contributed by atoms with Gasteiger partial charge in [-0.15, -0.1) is 0 Å². The van der Waals surface area contributed by atoms with Crippen LogP contribution in [0.3, 0.4) is 0 Å². The molecule has 1 aliphatic rings. The van der Waals surface area contributed by atoms with E-state index in [2.05, 4.69) is 20.4 Å². The number of carbonyl (C=O) groups is 1. The molecule has 4 rings (SSSR count). The van der Waals surface area contributed by atoms with Gasteiger partial charge in [0.15, 0.2) is 16.6 Å². The highest BCUT2D eigenvalue weighted by molar-refractivity contribution is 7.99. The molecule has 2 N–H and O–H groups in total. The summed E-state index contributed by atoms with van der Waals surface area (Å²) in [5.41, 5.74) is 0.175. The standard InChI is InChI=1S/C18H18FN5O3S/c19-13-6-2-1-5-12(13)17-21-14-8-15(25)23-24(14)18(22-17)28-10-16(26)20-9-11-4-3-7-27-11/h1-2,5-6,8,11H,3-4,7,9-10H2,(H,20,26)(H,23,25)/t11-/m1/s1. The molecule has 28 heavy (non-hydrogen) atoms. The van der Waals surface area contributed by atoms with Gasteiger partial charge in [0.05, 0.1) is 17.4 Å². The number of aromatic nitrogens is 4. The summed E-state index contributed by atoms with van der Waals surface area (Å²) in [7, 11) is 0. The number of fused-ring (bicyclic) bond motifs is 1. The predicted octanol–water partition coefficient (Wildman–Crippen LogP) is 1.61. The molecule has 0 bridgehead atoms. The molecule has 1 aromatic carbocycles. The van der Waals surface area contributed by atoms with Crippen molar-refractivity contribution in [3.8, 4) is 11.4 Å². The lowest BCUT2D eigenvalue weighted by atomic mass is 10.2. The van der Waals surface area contributed by atoms with Crippen molar-refractivity contribution in [2.45, 2.75) is 24.1 Å². The maximum Gasteiger partial charge on any atom is 0.266 e. The number of H-pyrrole nitrogens is 1. The summed E-state index contributed by atoms with van der Waals surface area (Å²) in [6.07, 6.45) is 2.01. The fourth-order valence-corrected chi connectivity index (χ4v) is 3.74. The number of ether oxygens (including phenoxy) is 1. The molecule has 1 amide bonds. The van der Waals surface area contributed by atoms with Crippen molar-refractivity contribution < 1.29 is 13.9 Å². The van der Waals surface area contributed by atoms with Crippen molar-refractivity contribution in [1.29, 1.82) is 0 Å². The van der Waals surface area contributed by atoms with E-state index in [-0.39, 0.29) is 34.7 Å². The molecule has 0 unspecified atom stereocenters. The summed E-state index contributed by atoms with van der Waals surface area (Å²) in [5.74, 6) is -0.390. The molecule has 1 fully saturated rings. The van der Waals surface area contributed by atoms with Crippen LogP contribution in [0.2, 0.25) is 0 Å². The highest BCUT2D eigenvalue weighted by atomic mass is 32.2. The smallest absolute Gasteiger partial charge is 0.266 e. The number of carbonyl (C=O) groups excluding carboxylic acids is 1. The van der Waals surface area contributed by atoms with E-state index >= 15 is 0 Å². The molecule has 2 aromatic heterocycles. The van der Waals surface area contributed by atoms with Gasteiger partial charge in [-0.1, -0.05) is 23.9 Å². The number of nitrogens with one attached hydrogen (secondary N) is 2. The number of rotatable bonds is 6. The number of hydrogen-bond acceptors (Lipinski definition) is 6. The normalized spacial score (nSPS) is 16.5. The van der Waals surface area contributed by atoms with Gasteiger partial charge in [0, 0.05) is 19.2 Å². The molecule has 0 saturated carbocycles. The molecule has 1 atom stereocenters. The van der Waals surface area contributed by atoms with Crippen molar-refractivity contribution >= 4 is 23.3 Å². The number of nitrogens with zero attached hydrogens (tertiary/aromatic N) is 3. The second-order valence-corrected chi connectivity index (χ2v) is 7.29. The third kappa shape index (κ3) is 4.07. The molecule has 1 saturated heterocycles. The number of aromatic amines is 1. The van der Waals surface area contributed by atoms with Crippen LogP contribution in [-0.2, 0) is 9.53 Å². The molecule has 1 aliphatic heterocycles. The van der Waals surface area contributed by atoms with Crippen LogP contribution in [0.1, 0.15) is 12.8 Å². The van der Waals surface area contributed by atoms with Crippen molar-refractivity contribution in [3.63, 3.8) is 0 Å². The number of amides is 1. The minimum atomic E-state index is -0.463. The van der Waals surface area contributed by atoms with Crippen LogP contribution in [0.4, 0.5) is 4.39 Å². The Kier molecular flexibility index (Phi) is 5.40. The molecule has 146 valence electrons. The van der Waals surface area contributed by atoms with Gasteiger partial charge in [-0.05, 0) is 25.0 Å². The summed E-state index contributed by atoms with van der Waals surface area (Å²) < 4.78 is 21.0. The monoisotopic (exact) mass is 403 g/mol. The van der Waals surface area contributed by atoms with Crippen LogP contribution < -0.4 is 10.9 Å².